The quantitative estimate of drug-likeness (QED) is 0.562. The molecule has 64 valence electrons. The Morgan fingerprint density at radius 1 is 1.36 bits per heavy atom. The first-order valence-corrected chi connectivity index (χ1v) is 4.63. The standard InChI is InChI=1S/C9H17NO/c1-11-9-5-8-3-2-4-10(6-8)7-9/h8-9H,2-7H2,1H3. The van der Waals surface area contributed by atoms with E-state index < -0.39 is 0 Å². The Hall–Kier alpha value is -0.0800. The number of hydrogen-bond donors (Lipinski definition) is 0. The average molecular weight is 155 g/mol. The first-order chi connectivity index (χ1) is 5.38. The molecule has 2 rings (SSSR count). The van der Waals surface area contributed by atoms with Gasteiger partial charge in [0.1, 0.15) is 0 Å². The normalized spacial score (nSPS) is 43.9. The third-order valence-electron chi connectivity index (χ3n) is 2.99. The summed E-state index contributed by atoms with van der Waals surface area (Å²) < 4.78 is 5.39. The first kappa shape index (κ1) is 7.56. The van der Waals surface area contributed by atoms with Crippen molar-refractivity contribution in [1.29, 1.82) is 0 Å². The lowest BCUT2D eigenvalue weighted by molar-refractivity contribution is -0.0107. The summed E-state index contributed by atoms with van der Waals surface area (Å²) in [7, 11) is 1.84. The number of nitrogens with zero attached hydrogens (tertiary/aromatic N) is 1. The van der Waals surface area contributed by atoms with Gasteiger partial charge in [-0.05, 0) is 31.7 Å². The Kier molecular flexibility index (Phi) is 2.14. The van der Waals surface area contributed by atoms with Crippen LogP contribution in [0.3, 0.4) is 0 Å². The third-order valence-corrected chi connectivity index (χ3v) is 2.99. The predicted octanol–water partition coefficient (Wildman–Crippen LogP) is 1.12. The Morgan fingerprint density at radius 3 is 3.00 bits per heavy atom. The molecule has 0 saturated carbocycles. The van der Waals surface area contributed by atoms with Crippen molar-refractivity contribution < 1.29 is 4.74 Å². The lowest BCUT2D eigenvalue weighted by Crippen LogP contribution is -2.47. The first-order valence-electron chi connectivity index (χ1n) is 4.63. The van der Waals surface area contributed by atoms with Crippen LogP contribution in [0.15, 0.2) is 0 Å². The molecule has 0 aliphatic carbocycles. The van der Waals surface area contributed by atoms with Crippen molar-refractivity contribution in [3.05, 3.63) is 0 Å². The van der Waals surface area contributed by atoms with Gasteiger partial charge in [0.05, 0.1) is 6.10 Å². The molecule has 2 saturated heterocycles. The van der Waals surface area contributed by atoms with Crippen LogP contribution in [-0.2, 0) is 4.74 Å². The minimum absolute atomic E-state index is 0.522. The number of hydrogen-bond acceptors (Lipinski definition) is 2. The number of methoxy groups -OCH3 is 1. The van der Waals surface area contributed by atoms with Crippen molar-refractivity contribution in [3.8, 4) is 0 Å². The predicted molar refractivity (Wildman–Crippen MR) is 44.6 cm³/mol. The van der Waals surface area contributed by atoms with Crippen molar-refractivity contribution in [3.63, 3.8) is 0 Å². The van der Waals surface area contributed by atoms with Crippen LogP contribution in [0.2, 0.25) is 0 Å². The second kappa shape index (κ2) is 3.11. The van der Waals surface area contributed by atoms with Gasteiger partial charge < -0.3 is 9.64 Å². The molecule has 3 atom stereocenters. The second-order valence-corrected chi connectivity index (χ2v) is 3.86. The fourth-order valence-electron chi connectivity index (χ4n) is 2.41. The molecule has 11 heavy (non-hydrogen) atoms. The summed E-state index contributed by atoms with van der Waals surface area (Å²) >= 11 is 0. The van der Waals surface area contributed by atoms with Crippen LogP contribution in [0.5, 0.6) is 0 Å². The van der Waals surface area contributed by atoms with E-state index in [-0.39, 0.29) is 0 Å². The highest BCUT2D eigenvalue weighted by molar-refractivity contribution is 4.83. The summed E-state index contributed by atoms with van der Waals surface area (Å²) in [6, 6.07) is 0. The molecule has 2 nitrogen and oxygen atoms in total. The van der Waals surface area contributed by atoms with Crippen LogP contribution >= 0.6 is 0 Å². The highest BCUT2D eigenvalue weighted by Gasteiger charge is 2.29. The zero-order chi connectivity index (χ0) is 7.68. The fraction of sp³-hybridized carbons (Fsp3) is 1.00. The van der Waals surface area contributed by atoms with Crippen molar-refractivity contribution >= 4 is 0 Å². The highest BCUT2D eigenvalue weighted by Crippen LogP contribution is 2.26. The van der Waals surface area contributed by atoms with Crippen molar-refractivity contribution in [1.82, 2.24) is 4.90 Å². The molecule has 0 spiro atoms. The van der Waals surface area contributed by atoms with E-state index in [1.807, 2.05) is 7.11 Å². The number of piperidine rings is 2. The summed E-state index contributed by atoms with van der Waals surface area (Å²) in [4.78, 5) is 2.55. The Bertz CT molecular complexity index is 126. The van der Waals surface area contributed by atoms with Gasteiger partial charge in [-0.25, -0.2) is 0 Å². The monoisotopic (exact) mass is 155 g/mol. The molecular formula is C9H17NO. The molecule has 2 heteroatoms. The van der Waals surface area contributed by atoms with E-state index in [2.05, 4.69) is 4.90 Å². The van der Waals surface area contributed by atoms with Crippen molar-refractivity contribution in [2.24, 2.45) is 5.92 Å². The SMILES string of the molecule is COC1CC2CCCN(C2)C1. The van der Waals surface area contributed by atoms with E-state index in [9.17, 15) is 0 Å². The minimum atomic E-state index is 0.522. The zero-order valence-corrected chi connectivity index (χ0v) is 7.25. The topological polar surface area (TPSA) is 12.5 Å². The van der Waals surface area contributed by atoms with E-state index >= 15 is 0 Å². The van der Waals surface area contributed by atoms with E-state index in [0.29, 0.717) is 6.10 Å². The van der Waals surface area contributed by atoms with Crippen molar-refractivity contribution in [2.75, 3.05) is 26.7 Å². The third kappa shape index (κ3) is 1.57. The van der Waals surface area contributed by atoms with E-state index in [1.165, 1.54) is 38.9 Å². The van der Waals surface area contributed by atoms with E-state index in [1.54, 1.807) is 0 Å². The molecule has 0 aromatic heterocycles. The van der Waals surface area contributed by atoms with Crippen LogP contribution < -0.4 is 0 Å². The summed E-state index contributed by atoms with van der Waals surface area (Å²) in [5.41, 5.74) is 0. The van der Waals surface area contributed by atoms with Crippen LogP contribution in [-0.4, -0.2) is 37.7 Å². The largest absolute Gasteiger partial charge is 0.380 e. The van der Waals surface area contributed by atoms with Gasteiger partial charge in [-0.15, -0.1) is 0 Å². The molecule has 0 aromatic carbocycles. The molecule has 3 unspecified atom stereocenters. The maximum absolute atomic E-state index is 5.39. The summed E-state index contributed by atoms with van der Waals surface area (Å²) in [6.07, 6.45) is 4.65. The summed E-state index contributed by atoms with van der Waals surface area (Å²) in [6.45, 7) is 3.81. The molecule has 0 aromatic rings. The maximum Gasteiger partial charge on any atom is 0.0701 e. The Morgan fingerprint density at radius 2 is 2.27 bits per heavy atom. The molecule has 2 aliphatic heterocycles. The van der Waals surface area contributed by atoms with Gasteiger partial charge in [0, 0.05) is 20.2 Å². The van der Waals surface area contributed by atoms with Gasteiger partial charge in [0.2, 0.25) is 0 Å². The van der Waals surface area contributed by atoms with Crippen LogP contribution in [0.25, 0.3) is 0 Å². The average Bonchev–Trinajstić information content (AvgIpc) is 2.03. The molecule has 0 N–H and O–H groups in total. The van der Waals surface area contributed by atoms with Crippen LogP contribution in [0, 0.1) is 5.92 Å². The van der Waals surface area contributed by atoms with Gasteiger partial charge >= 0.3 is 0 Å². The number of rotatable bonds is 1. The second-order valence-electron chi connectivity index (χ2n) is 3.86. The van der Waals surface area contributed by atoms with Crippen molar-refractivity contribution in [2.45, 2.75) is 25.4 Å². The Labute approximate surface area is 68.5 Å². The lowest BCUT2D eigenvalue weighted by atomic mass is 9.88. The number of fused-ring (bicyclic) bond motifs is 2. The summed E-state index contributed by atoms with van der Waals surface area (Å²) in [5.74, 6) is 0.933. The van der Waals surface area contributed by atoms with Gasteiger partial charge in [-0.1, -0.05) is 0 Å². The smallest absolute Gasteiger partial charge is 0.0701 e. The molecule has 2 aliphatic rings. The van der Waals surface area contributed by atoms with Crippen LogP contribution in [0.1, 0.15) is 19.3 Å². The Balaban J connectivity index is 1.94. The van der Waals surface area contributed by atoms with E-state index in [0.717, 1.165) is 5.92 Å². The van der Waals surface area contributed by atoms with Gasteiger partial charge in [0.15, 0.2) is 0 Å². The molecule has 2 heterocycles. The van der Waals surface area contributed by atoms with Crippen LogP contribution in [0.4, 0.5) is 0 Å². The van der Waals surface area contributed by atoms with E-state index in [4.69, 9.17) is 4.74 Å². The number of ether oxygens (including phenoxy) is 1. The molecule has 0 radical (unpaired) electrons. The molecular weight excluding hydrogens is 138 g/mol. The highest BCUT2D eigenvalue weighted by atomic mass is 16.5. The van der Waals surface area contributed by atoms with Gasteiger partial charge in [-0.2, -0.15) is 0 Å². The van der Waals surface area contributed by atoms with Gasteiger partial charge in [0.25, 0.3) is 0 Å². The molecule has 2 bridgehead atoms. The zero-order valence-electron chi connectivity index (χ0n) is 7.25. The molecule has 2 fully saturated rings. The fourth-order valence-corrected chi connectivity index (χ4v) is 2.41. The lowest BCUT2D eigenvalue weighted by Gasteiger charge is -2.41. The molecule has 0 amide bonds. The maximum atomic E-state index is 5.39. The minimum Gasteiger partial charge on any atom is -0.380 e. The summed E-state index contributed by atoms with van der Waals surface area (Å²) in [5, 5.41) is 0. The van der Waals surface area contributed by atoms with Gasteiger partial charge in [-0.3, -0.25) is 0 Å².